The molecule has 2 saturated heterocycles. The van der Waals surface area contributed by atoms with Gasteiger partial charge in [-0.15, -0.1) is 0 Å². The first-order valence-electron chi connectivity index (χ1n) is 15.2. The van der Waals surface area contributed by atoms with E-state index in [-0.39, 0.29) is 44.7 Å². The third-order valence-corrected chi connectivity index (χ3v) is 11.5. The van der Waals surface area contributed by atoms with Crippen molar-refractivity contribution < 1.29 is 23.1 Å². The van der Waals surface area contributed by atoms with Crippen molar-refractivity contribution in [3.8, 4) is 0 Å². The Morgan fingerprint density at radius 2 is 1.78 bits per heavy atom. The molecule has 3 aliphatic rings. The molecule has 4 heterocycles. The van der Waals surface area contributed by atoms with Crippen molar-refractivity contribution >= 4 is 62.2 Å². The first-order valence-corrected chi connectivity index (χ1v) is 17.6. The number of anilines is 1. The zero-order chi connectivity index (χ0) is 32.0. The van der Waals surface area contributed by atoms with Crippen LogP contribution in [0.1, 0.15) is 64.1 Å². The summed E-state index contributed by atoms with van der Waals surface area (Å²) >= 11 is 12.5. The molecule has 9 nitrogen and oxygen atoms in total. The fraction of sp³-hybridized carbons (Fsp3) is 0.394. The number of piperidine rings is 1. The third-order valence-electron chi connectivity index (χ3n) is 9.17. The van der Waals surface area contributed by atoms with Crippen molar-refractivity contribution in [2.24, 2.45) is 0 Å². The van der Waals surface area contributed by atoms with Gasteiger partial charge < -0.3 is 25.2 Å². The summed E-state index contributed by atoms with van der Waals surface area (Å²) in [6.07, 6.45) is 4.84. The van der Waals surface area contributed by atoms with Crippen molar-refractivity contribution in [1.29, 1.82) is 0 Å². The number of aromatic amines is 1. The highest BCUT2D eigenvalue weighted by Crippen LogP contribution is 2.37. The first-order chi connectivity index (χ1) is 21.4. The highest BCUT2D eigenvalue weighted by molar-refractivity contribution is 7.90. The summed E-state index contributed by atoms with van der Waals surface area (Å²) in [6, 6.07) is 9.47. The van der Waals surface area contributed by atoms with Gasteiger partial charge in [0.15, 0.2) is 9.84 Å². The first kappa shape index (κ1) is 31.8. The number of H-pyrrole nitrogens is 1. The smallest absolute Gasteiger partial charge is 0.256 e. The lowest BCUT2D eigenvalue weighted by atomic mass is 10.0. The molecule has 0 unspecified atom stereocenters. The van der Waals surface area contributed by atoms with Crippen LogP contribution in [0.5, 0.6) is 0 Å². The minimum Gasteiger partial charge on any atom is -0.393 e. The lowest BCUT2D eigenvalue weighted by Gasteiger charge is -2.34. The average Bonchev–Trinajstić information content (AvgIpc) is 3.67. The number of aromatic nitrogens is 1. The van der Waals surface area contributed by atoms with Gasteiger partial charge in [-0.1, -0.05) is 29.3 Å². The zero-order valence-corrected chi connectivity index (χ0v) is 27.5. The quantitative estimate of drug-likeness (QED) is 0.287. The molecular weight excluding hydrogens is 635 g/mol. The summed E-state index contributed by atoms with van der Waals surface area (Å²) in [4.78, 5) is 34.7. The van der Waals surface area contributed by atoms with E-state index in [2.05, 4.69) is 15.2 Å². The monoisotopic (exact) mass is 670 g/mol. The van der Waals surface area contributed by atoms with Crippen LogP contribution in [0.3, 0.4) is 0 Å². The van der Waals surface area contributed by atoms with E-state index < -0.39 is 9.84 Å². The van der Waals surface area contributed by atoms with Gasteiger partial charge in [0, 0.05) is 70.5 Å². The maximum atomic E-state index is 13.9. The number of aliphatic hydroxyl groups excluding tert-OH is 1. The number of sulfone groups is 1. The van der Waals surface area contributed by atoms with Crippen LogP contribution >= 0.6 is 23.2 Å². The number of nitrogens with zero attached hydrogens (tertiary/aromatic N) is 2. The van der Waals surface area contributed by atoms with Crippen LogP contribution in [0.2, 0.25) is 10.0 Å². The van der Waals surface area contributed by atoms with Crippen LogP contribution in [-0.2, 0) is 20.4 Å². The van der Waals surface area contributed by atoms with Crippen LogP contribution in [0.4, 0.5) is 5.69 Å². The molecule has 0 aliphatic carbocycles. The van der Waals surface area contributed by atoms with Crippen LogP contribution < -0.4 is 5.32 Å². The third kappa shape index (κ3) is 6.31. The van der Waals surface area contributed by atoms with E-state index in [0.717, 1.165) is 50.9 Å². The molecule has 3 aliphatic heterocycles. The van der Waals surface area contributed by atoms with Gasteiger partial charge in [-0.05, 0) is 81.5 Å². The molecule has 12 heteroatoms. The number of likely N-dealkylation sites (tertiary alicyclic amines) is 2. The molecule has 6 rings (SSSR count). The molecule has 2 fully saturated rings. The number of nitrogens with one attached hydrogen (secondary N) is 2. The highest BCUT2D eigenvalue weighted by atomic mass is 35.5. The summed E-state index contributed by atoms with van der Waals surface area (Å²) in [7, 11) is -3.85. The maximum Gasteiger partial charge on any atom is 0.256 e. The van der Waals surface area contributed by atoms with E-state index in [4.69, 9.17) is 23.2 Å². The zero-order valence-electron chi connectivity index (χ0n) is 25.2. The second-order valence-corrected chi connectivity index (χ2v) is 15.0. The van der Waals surface area contributed by atoms with Gasteiger partial charge in [0.25, 0.3) is 11.8 Å². The van der Waals surface area contributed by atoms with Crippen molar-refractivity contribution in [2.75, 3.05) is 31.5 Å². The number of benzene rings is 2. The predicted molar refractivity (Wildman–Crippen MR) is 176 cm³/mol. The van der Waals surface area contributed by atoms with Gasteiger partial charge in [0.1, 0.15) is 0 Å². The highest BCUT2D eigenvalue weighted by Gasteiger charge is 2.34. The predicted octanol–water partition coefficient (Wildman–Crippen LogP) is 5.47. The van der Waals surface area contributed by atoms with Crippen LogP contribution in [0.15, 0.2) is 41.3 Å². The van der Waals surface area contributed by atoms with E-state index in [1.807, 2.05) is 18.7 Å². The van der Waals surface area contributed by atoms with Gasteiger partial charge in [-0.3, -0.25) is 9.59 Å². The second kappa shape index (κ2) is 12.6. The van der Waals surface area contributed by atoms with E-state index in [1.54, 1.807) is 30.3 Å². The number of carbonyl (C=O) groups is 2. The number of amides is 2. The molecule has 0 radical (unpaired) electrons. The molecule has 3 aromatic rings. The fourth-order valence-electron chi connectivity index (χ4n) is 6.67. The molecule has 2 aromatic carbocycles. The van der Waals surface area contributed by atoms with Gasteiger partial charge in [0.05, 0.1) is 27.9 Å². The minimum absolute atomic E-state index is 0.0340. The average molecular weight is 672 g/mol. The maximum absolute atomic E-state index is 13.9. The molecule has 45 heavy (non-hydrogen) atoms. The molecule has 1 atom stereocenters. The van der Waals surface area contributed by atoms with Crippen molar-refractivity contribution in [2.45, 2.75) is 62.3 Å². The lowest BCUT2D eigenvalue weighted by Crippen LogP contribution is -2.46. The molecule has 1 aromatic heterocycles. The van der Waals surface area contributed by atoms with Crippen LogP contribution in [0, 0.1) is 13.8 Å². The number of rotatable bonds is 7. The molecule has 0 spiro atoms. The summed E-state index contributed by atoms with van der Waals surface area (Å²) in [5.41, 5.74) is 4.22. The Balaban J connectivity index is 1.27. The Hall–Kier alpha value is -3.15. The molecular formula is C33H36Cl2N4O5S. The summed E-state index contributed by atoms with van der Waals surface area (Å²) in [5.74, 6) is -0.782. The number of halogens is 2. The Kier molecular flexibility index (Phi) is 8.88. The summed E-state index contributed by atoms with van der Waals surface area (Å²) < 4.78 is 26.8. The van der Waals surface area contributed by atoms with Gasteiger partial charge in [-0.2, -0.15) is 0 Å². The Morgan fingerprint density at radius 1 is 1.07 bits per heavy atom. The van der Waals surface area contributed by atoms with E-state index in [0.29, 0.717) is 45.9 Å². The fourth-order valence-corrected chi connectivity index (χ4v) is 8.79. The Bertz CT molecular complexity index is 1790. The van der Waals surface area contributed by atoms with E-state index >= 15 is 0 Å². The topological polar surface area (TPSA) is 123 Å². The number of carbonyl (C=O) groups excluding carboxylic acids is 2. The number of aryl methyl sites for hydroxylation is 1. The van der Waals surface area contributed by atoms with Crippen molar-refractivity contribution in [1.82, 2.24) is 14.8 Å². The standard InChI is InChI=1S/C33H36Cl2N4O5S/c1-19-30(36-20(2)31(19)33(42)39-12-4-5-21(39)17-38-13-10-22(40)11-14-38)16-25-24-15-23(8-9-29(24)37-32(25)41)45(43,44)18-26-27(34)6-3-7-28(26)35/h3,6-9,15-16,21-22,36,40H,4-5,10-14,17-18H2,1-2H3,(H,37,41)/b25-16-/t21-/m0/s1. The number of aliphatic hydroxyl groups is 1. The van der Waals surface area contributed by atoms with E-state index in [1.165, 1.54) is 12.1 Å². The van der Waals surface area contributed by atoms with Gasteiger partial charge in [0.2, 0.25) is 0 Å². The van der Waals surface area contributed by atoms with Crippen molar-refractivity contribution in [3.63, 3.8) is 0 Å². The molecule has 3 N–H and O–H groups in total. The number of hydrogen-bond donors (Lipinski definition) is 3. The van der Waals surface area contributed by atoms with Crippen molar-refractivity contribution in [3.05, 3.63) is 80.1 Å². The second-order valence-electron chi connectivity index (χ2n) is 12.2. The van der Waals surface area contributed by atoms with E-state index in [9.17, 15) is 23.1 Å². The van der Waals surface area contributed by atoms with Gasteiger partial charge >= 0.3 is 0 Å². The Labute approximate surface area is 273 Å². The lowest BCUT2D eigenvalue weighted by molar-refractivity contribution is -0.110. The number of fused-ring (bicyclic) bond motifs is 1. The molecule has 0 bridgehead atoms. The van der Waals surface area contributed by atoms with Crippen LogP contribution in [0.25, 0.3) is 11.6 Å². The SMILES string of the molecule is Cc1[nH]c(/C=C2\C(=O)Nc3ccc(S(=O)(=O)Cc4c(Cl)cccc4Cl)cc32)c(C)c1C(=O)N1CCC[C@H]1CN1CCC(O)CC1. The normalized spacial score (nSPS) is 20.2. The van der Waals surface area contributed by atoms with Gasteiger partial charge in [-0.25, -0.2) is 8.42 Å². The summed E-state index contributed by atoms with van der Waals surface area (Å²) in [6.45, 7) is 6.87. The molecule has 0 saturated carbocycles. The minimum atomic E-state index is -3.85. The molecule has 2 amide bonds. The molecule has 238 valence electrons. The Morgan fingerprint density at radius 3 is 2.49 bits per heavy atom. The largest absolute Gasteiger partial charge is 0.393 e. The summed E-state index contributed by atoms with van der Waals surface area (Å²) in [5, 5.41) is 13.2. The van der Waals surface area contributed by atoms with Crippen LogP contribution in [-0.4, -0.2) is 78.4 Å². The number of hydrogen-bond acceptors (Lipinski definition) is 6.